The van der Waals surface area contributed by atoms with Gasteiger partial charge in [-0.05, 0) is 27.7 Å². The number of carbonyl (C=O) groups excluding carboxylic acids is 2. The van der Waals surface area contributed by atoms with Crippen molar-refractivity contribution in [2.24, 2.45) is 5.41 Å². The number of benzene rings is 2. The average Bonchev–Trinajstić information content (AvgIpc) is 3.09. The quantitative estimate of drug-likeness (QED) is 0.480. The summed E-state index contributed by atoms with van der Waals surface area (Å²) in [6, 6.07) is 13.7. The highest BCUT2D eigenvalue weighted by Crippen LogP contribution is 2.44. The first-order valence-electron chi connectivity index (χ1n) is 11.0. The summed E-state index contributed by atoms with van der Waals surface area (Å²) in [6.07, 6.45) is -4.88. The van der Waals surface area contributed by atoms with Crippen molar-refractivity contribution in [3.05, 3.63) is 59.7 Å². The average molecular weight is 475 g/mol. The fraction of sp³-hybridized carbons (Fsp3) is 0.400. The van der Waals surface area contributed by atoms with Crippen molar-refractivity contribution >= 4 is 18.0 Å². The number of ether oxygens (including phenoxy) is 1. The molecule has 1 aliphatic carbocycles. The molecule has 0 spiro atoms. The van der Waals surface area contributed by atoms with E-state index in [2.05, 4.69) is 10.6 Å². The second-order valence-electron chi connectivity index (χ2n) is 9.13. The maximum absolute atomic E-state index is 13.5. The van der Waals surface area contributed by atoms with Gasteiger partial charge in [-0.3, -0.25) is 9.59 Å². The van der Waals surface area contributed by atoms with Crippen molar-refractivity contribution in [3.63, 3.8) is 0 Å². The molecule has 1 atom stereocenters. The standard InChI is InChI=1S/C25H28F2N2O5/c1-25(2,12-22(31)32)14-28-21(30)11-20(23(26)27)29-24(33)34-13-19-17-9-5-3-7-15(17)16-8-4-6-10-18(16)19/h3-10,19-20,23H,11-14H2,1-2H3,(H,28,30)(H,29,33)(H,31,32). The van der Waals surface area contributed by atoms with E-state index >= 15 is 0 Å². The fourth-order valence-electron chi connectivity index (χ4n) is 4.08. The molecule has 2 amide bonds. The molecule has 0 aromatic heterocycles. The van der Waals surface area contributed by atoms with Crippen LogP contribution in [0.3, 0.4) is 0 Å². The molecule has 0 saturated heterocycles. The van der Waals surface area contributed by atoms with Crippen LogP contribution in [-0.4, -0.2) is 48.7 Å². The summed E-state index contributed by atoms with van der Waals surface area (Å²) in [4.78, 5) is 35.3. The number of halogens is 2. The van der Waals surface area contributed by atoms with E-state index < -0.39 is 42.3 Å². The van der Waals surface area contributed by atoms with Gasteiger partial charge in [0.1, 0.15) is 12.6 Å². The maximum Gasteiger partial charge on any atom is 0.407 e. The largest absolute Gasteiger partial charge is 0.481 e. The number of alkyl halides is 2. The smallest absolute Gasteiger partial charge is 0.407 e. The zero-order valence-corrected chi connectivity index (χ0v) is 19.0. The van der Waals surface area contributed by atoms with Gasteiger partial charge in [0.05, 0.1) is 12.8 Å². The Morgan fingerprint density at radius 1 is 1.03 bits per heavy atom. The topological polar surface area (TPSA) is 105 Å². The zero-order chi connectivity index (χ0) is 24.9. The van der Waals surface area contributed by atoms with Gasteiger partial charge >= 0.3 is 12.1 Å². The first-order valence-corrected chi connectivity index (χ1v) is 11.0. The van der Waals surface area contributed by atoms with Gasteiger partial charge < -0.3 is 20.5 Å². The molecule has 3 rings (SSSR count). The summed E-state index contributed by atoms with van der Waals surface area (Å²) in [5.41, 5.74) is 3.32. The van der Waals surface area contributed by atoms with Gasteiger partial charge in [-0.2, -0.15) is 0 Å². The van der Waals surface area contributed by atoms with Crippen LogP contribution in [0.4, 0.5) is 13.6 Å². The molecule has 0 heterocycles. The lowest BCUT2D eigenvalue weighted by atomic mass is 9.89. The van der Waals surface area contributed by atoms with E-state index in [4.69, 9.17) is 9.84 Å². The van der Waals surface area contributed by atoms with Crippen LogP contribution >= 0.6 is 0 Å². The number of carboxylic acids is 1. The van der Waals surface area contributed by atoms with Gasteiger partial charge in [0.25, 0.3) is 6.43 Å². The van der Waals surface area contributed by atoms with Crippen molar-refractivity contribution in [1.29, 1.82) is 0 Å². The number of alkyl carbamates (subject to hydrolysis) is 1. The molecule has 0 bridgehead atoms. The van der Waals surface area contributed by atoms with Crippen molar-refractivity contribution in [1.82, 2.24) is 10.6 Å². The fourth-order valence-corrected chi connectivity index (χ4v) is 4.08. The summed E-state index contributed by atoms with van der Waals surface area (Å²) >= 11 is 0. The molecule has 7 nitrogen and oxygen atoms in total. The number of hydrogen-bond donors (Lipinski definition) is 3. The Morgan fingerprint density at radius 3 is 2.12 bits per heavy atom. The maximum atomic E-state index is 13.5. The molecule has 182 valence electrons. The van der Waals surface area contributed by atoms with Crippen molar-refractivity contribution < 1.29 is 33.0 Å². The Hall–Kier alpha value is -3.49. The highest BCUT2D eigenvalue weighted by molar-refractivity contribution is 5.79. The number of nitrogens with one attached hydrogen (secondary N) is 2. The van der Waals surface area contributed by atoms with E-state index in [-0.39, 0.29) is 25.5 Å². The number of hydrogen-bond acceptors (Lipinski definition) is 4. The SMILES string of the molecule is CC(C)(CNC(=O)CC(NC(=O)OCC1c2ccccc2-c2ccccc21)C(F)F)CC(=O)O. The molecule has 9 heteroatoms. The highest BCUT2D eigenvalue weighted by atomic mass is 19.3. The molecule has 0 fully saturated rings. The van der Waals surface area contributed by atoms with Crippen LogP contribution in [0.5, 0.6) is 0 Å². The normalized spacial score (nSPS) is 13.7. The molecule has 1 aliphatic rings. The van der Waals surface area contributed by atoms with E-state index in [1.807, 2.05) is 48.5 Å². The second kappa shape index (κ2) is 10.6. The monoisotopic (exact) mass is 474 g/mol. The third kappa shape index (κ3) is 6.30. The first kappa shape index (κ1) is 25.1. The number of amides is 2. The molecule has 0 radical (unpaired) electrons. The van der Waals surface area contributed by atoms with Crippen molar-refractivity contribution in [2.75, 3.05) is 13.2 Å². The minimum absolute atomic E-state index is 0.000957. The van der Waals surface area contributed by atoms with Crippen LogP contribution in [0.25, 0.3) is 11.1 Å². The van der Waals surface area contributed by atoms with Gasteiger partial charge in [0.2, 0.25) is 5.91 Å². The molecule has 2 aromatic rings. The lowest BCUT2D eigenvalue weighted by Gasteiger charge is -2.24. The summed E-state index contributed by atoms with van der Waals surface area (Å²) < 4.78 is 32.2. The summed E-state index contributed by atoms with van der Waals surface area (Å²) in [5, 5.41) is 13.4. The number of carboxylic acid groups (broad SMARTS) is 1. The number of fused-ring (bicyclic) bond motifs is 3. The Morgan fingerprint density at radius 2 is 1.59 bits per heavy atom. The molecule has 34 heavy (non-hydrogen) atoms. The molecule has 0 aliphatic heterocycles. The molecular formula is C25H28F2N2O5. The van der Waals surface area contributed by atoms with Crippen LogP contribution in [0.2, 0.25) is 0 Å². The summed E-state index contributed by atoms with van der Waals surface area (Å²) in [5.74, 6) is -1.97. The lowest BCUT2D eigenvalue weighted by Crippen LogP contribution is -2.45. The third-order valence-corrected chi connectivity index (χ3v) is 5.75. The Labute approximate surface area is 196 Å². The van der Waals surface area contributed by atoms with E-state index in [0.29, 0.717) is 0 Å². The van der Waals surface area contributed by atoms with E-state index in [1.165, 1.54) is 0 Å². The van der Waals surface area contributed by atoms with Gasteiger partial charge in [-0.1, -0.05) is 62.4 Å². The zero-order valence-electron chi connectivity index (χ0n) is 19.0. The molecule has 3 N–H and O–H groups in total. The van der Waals surface area contributed by atoms with Crippen molar-refractivity contribution in [2.45, 2.75) is 45.1 Å². The first-order chi connectivity index (χ1) is 16.1. The minimum atomic E-state index is -2.99. The summed E-state index contributed by atoms with van der Waals surface area (Å²) in [7, 11) is 0. The Kier molecular flexibility index (Phi) is 7.86. The van der Waals surface area contributed by atoms with Gasteiger partial charge in [-0.25, -0.2) is 13.6 Å². The van der Waals surface area contributed by atoms with Crippen LogP contribution in [0.1, 0.15) is 43.7 Å². The molecular weight excluding hydrogens is 446 g/mol. The lowest BCUT2D eigenvalue weighted by molar-refractivity contribution is -0.139. The van der Waals surface area contributed by atoms with Gasteiger partial charge in [-0.15, -0.1) is 0 Å². The molecule has 2 aromatic carbocycles. The van der Waals surface area contributed by atoms with Crippen LogP contribution in [-0.2, 0) is 14.3 Å². The minimum Gasteiger partial charge on any atom is -0.481 e. The predicted octanol–water partition coefficient (Wildman–Crippen LogP) is 4.17. The van der Waals surface area contributed by atoms with Crippen LogP contribution < -0.4 is 10.6 Å². The molecule has 0 saturated carbocycles. The van der Waals surface area contributed by atoms with Gasteiger partial charge in [0, 0.05) is 12.5 Å². The van der Waals surface area contributed by atoms with Crippen LogP contribution in [0, 0.1) is 5.41 Å². The number of carbonyl (C=O) groups is 3. The number of aliphatic carboxylic acids is 1. The second-order valence-corrected chi connectivity index (χ2v) is 9.13. The van der Waals surface area contributed by atoms with E-state index in [1.54, 1.807) is 13.8 Å². The Balaban J connectivity index is 1.56. The van der Waals surface area contributed by atoms with Gasteiger partial charge in [0.15, 0.2) is 0 Å². The highest BCUT2D eigenvalue weighted by Gasteiger charge is 2.31. The molecule has 1 unspecified atom stereocenters. The summed E-state index contributed by atoms with van der Waals surface area (Å²) in [6.45, 7) is 3.24. The van der Waals surface area contributed by atoms with Crippen LogP contribution in [0.15, 0.2) is 48.5 Å². The predicted molar refractivity (Wildman–Crippen MR) is 122 cm³/mol. The number of rotatable bonds is 10. The van der Waals surface area contributed by atoms with E-state index in [0.717, 1.165) is 22.3 Å². The van der Waals surface area contributed by atoms with E-state index in [9.17, 15) is 23.2 Å². The Bertz CT molecular complexity index is 1010. The van der Waals surface area contributed by atoms with Crippen molar-refractivity contribution in [3.8, 4) is 11.1 Å². The third-order valence-electron chi connectivity index (χ3n) is 5.75.